The molecule has 0 bridgehead atoms. The van der Waals surface area contributed by atoms with Crippen molar-refractivity contribution in [2.45, 2.75) is 46.3 Å². The highest BCUT2D eigenvalue weighted by molar-refractivity contribution is 5.29. The highest BCUT2D eigenvalue weighted by atomic mass is 16.5. The van der Waals surface area contributed by atoms with E-state index in [-0.39, 0.29) is 6.10 Å². The lowest BCUT2D eigenvalue weighted by Crippen LogP contribution is -2.37. The number of nitrogens with one attached hydrogen (secondary N) is 2. The van der Waals surface area contributed by atoms with Gasteiger partial charge in [-0.1, -0.05) is 6.92 Å². The molecule has 0 spiro atoms. The molecule has 1 aliphatic heterocycles. The van der Waals surface area contributed by atoms with Gasteiger partial charge >= 0.3 is 0 Å². The third kappa shape index (κ3) is 4.45. The van der Waals surface area contributed by atoms with Gasteiger partial charge in [-0.2, -0.15) is 4.98 Å². The second-order valence-electron chi connectivity index (χ2n) is 5.68. The summed E-state index contributed by atoms with van der Waals surface area (Å²) in [5, 5.41) is 10.7. The topological polar surface area (TPSA) is 66.1 Å². The van der Waals surface area contributed by atoms with Gasteiger partial charge in [-0.3, -0.25) is 5.10 Å². The Labute approximate surface area is 121 Å². The van der Waals surface area contributed by atoms with E-state index in [9.17, 15) is 0 Å². The van der Waals surface area contributed by atoms with Gasteiger partial charge in [0.2, 0.25) is 5.95 Å². The first-order chi connectivity index (χ1) is 9.69. The number of hydrogen-bond donors (Lipinski definition) is 2. The fraction of sp³-hybridized carbons (Fsp3) is 0.857. The molecule has 6 heteroatoms. The molecule has 1 aromatic rings. The molecule has 6 nitrogen and oxygen atoms in total. The van der Waals surface area contributed by atoms with Crippen molar-refractivity contribution in [1.29, 1.82) is 0 Å². The average Bonchev–Trinajstić information content (AvgIpc) is 2.92. The summed E-state index contributed by atoms with van der Waals surface area (Å²) in [6.07, 6.45) is 2.63. The highest BCUT2D eigenvalue weighted by Crippen LogP contribution is 2.20. The molecular weight excluding hydrogens is 254 g/mol. The van der Waals surface area contributed by atoms with Crippen LogP contribution < -0.4 is 10.2 Å². The summed E-state index contributed by atoms with van der Waals surface area (Å²) in [5.41, 5.74) is 0. The maximum absolute atomic E-state index is 5.53. The minimum atomic E-state index is 0.213. The van der Waals surface area contributed by atoms with E-state index in [0.717, 1.165) is 43.9 Å². The van der Waals surface area contributed by atoms with Crippen LogP contribution in [-0.4, -0.2) is 47.5 Å². The second kappa shape index (κ2) is 7.59. The first-order valence-corrected chi connectivity index (χ1v) is 7.67. The molecule has 2 N–H and O–H groups in total. The molecule has 0 radical (unpaired) electrons. The lowest BCUT2D eigenvalue weighted by molar-refractivity contribution is 0.0615. The molecule has 0 aliphatic carbocycles. The molecule has 2 heterocycles. The summed E-state index contributed by atoms with van der Waals surface area (Å²) in [6.45, 7) is 11.0. The zero-order valence-corrected chi connectivity index (χ0v) is 12.9. The Morgan fingerprint density at radius 1 is 1.40 bits per heavy atom. The Balaban J connectivity index is 1.78. The van der Waals surface area contributed by atoms with Gasteiger partial charge in [0.1, 0.15) is 6.61 Å². The lowest BCUT2D eigenvalue weighted by atomic mass is 9.97. The predicted molar refractivity (Wildman–Crippen MR) is 79.8 cm³/mol. The maximum Gasteiger partial charge on any atom is 0.244 e. The molecule has 2 rings (SSSR count). The number of anilines is 1. The van der Waals surface area contributed by atoms with Crippen molar-refractivity contribution in [2.75, 3.05) is 31.1 Å². The molecule has 0 aromatic carbocycles. The molecular formula is C14H27N5O. The number of rotatable bonds is 7. The van der Waals surface area contributed by atoms with Crippen LogP contribution in [0.4, 0.5) is 5.95 Å². The minimum Gasteiger partial charge on any atom is -0.371 e. The largest absolute Gasteiger partial charge is 0.371 e. The van der Waals surface area contributed by atoms with Crippen LogP contribution in [0.1, 0.15) is 39.4 Å². The number of nitrogens with zero attached hydrogens (tertiary/aromatic N) is 3. The van der Waals surface area contributed by atoms with Crippen molar-refractivity contribution in [3.05, 3.63) is 5.82 Å². The van der Waals surface area contributed by atoms with Gasteiger partial charge in [-0.25, -0.2) is 0 Å². The van der Waals surface area contributed by atoms with Crippen LogP contribution in [0.2, 0.25) is 0 Å². The zero-order chi connectivity index (χ0) is 14.4. The Morgan fingerprint density at radius 2 is 2.15 bits per heavy atom. The molecule has 1 fully saturated rings. The molecule has 0 unspecified atom stereocenters. The Kier molecular flexibility index (Phi) is 5.79. The van der Waals surface area contributed by atoms with Gasteiger partial charge in [0.25, 0.3) is 0 Å². The fourth-order valence-corrected chi connectivity index (χ4v) is 2.42. The van der Waals surface area contributed by atoms with Gasteiger partial charge in [-0.15, -0.1) is 5.10 Å². The van der Waals surface area contributed by atoms with Crippen LogP contribution >= 0.6 is 0 Å². The number of H-pyrrole nitrogens is 1. The molecule has 1 aromatic heterocycles. The second-order valence-corrected chi connectivity index (χ2v) is 5.68. The number of ether oxygens (including phenoxy) is 1. The van der Waals surface area contributed by atoms with E-state index < -0.39 is 0 Å². The summed E-state index contributed by atoms with van der Waals surface area (Å²) < 4.78 is 5.53. The van der Waals surface area contributed by atoms with Crippen LogP contribution in [0, 0.1) is 5.92 Å². The van der Waals surface area contributed by atoms with Crippen molar-refractivity contribution in [2.24, 2.45) is 5.92 Å². The van der Waals surface area contributed by atoms with E-state index >= 15 is 0 Å². The Hall–Kier alpha value is -1.14. The van der Waals surface area contributed by atoms with Gasteiger partial charge in [0.05, 0.1) is 6.10 Å². The predicted octanol–water partition coefficient (Wildman–Crippen LogP) is 1.56. The van der Waals surface area contributed by atoms with E-state index in [2.05, 4.69) is 32.3 Å². The number of hydrogen-bond acceptors (Lipinski definition) is 5. The summed E-state index contributed by atoms with van der Waals surface area (Å²) in [4.78, 5) is 6.77. The van der Waals surface area contributed by atoms with E-state index in [1.807, 2.05) is 13.8 Å². The maximum atomic E-state index is 5.53. The molecule has 114 valence electrons. The monoisotopic (exact) mass is 281 g/mol. The highest BCUT2D eigenvalue weighted by Gasteiger charge is 2.21. The summed E-state index contributed by atoms with van der Waals surface area (Å²) in [6, 6.07) is 0. The molecule has 1 aliphatic rings. The lowest BCUT2D eigenvalue weighted by Gasteiger charge is -2.31. The van der Waals surface area contributed by atoms with E-state index in [0.29, 0.717) is 6.61 Å². The third-order valence-corrected chi connectivity index (χ3v) is 3.65. The van der Waals surface area contributed by atoms with Gasteiger partial charge < -0.3 is 15.0 Å². The molecule has 0 amide bonds. The van der Waals surface area contributed by atoms with Crippen LogP contribution in [0.15, 0.2) is 0 Å². The van der Waals surface area contributed by atoms with Crippen molar-refractivity contribution < 1.29 is 4.74 Å². The number of piperidine rings is 1. The van der Waals surface area contributed by atoms with E-state index in [1.165, 1.54) is 12.8 Å². The first kappa shape index (κ1) is 15.3. The molecule has 0 atom stereocenters. The van der Waals surface area contributed by atoms with E-state index in [1.54, 1.807) is 0 Å². The molecule has 1 saturated heterocycles. The Bertz CT molecular complexity index is 385. The van der Waals surface area contributed by atoms with Crippen molar-refractivity contribution in [3.63, 3.8) is 0 Å². The number of aromatic nitrogens is 3. The number of aromatic amines is 1. The quantitative estimate of drug-likeness (QED) is 0.794. The standard InChI is InChI=1S/C14H27N5O/c1-4-15-9-12-5-7-19(8-6-12)14-16-13(17-18-14)10-20-11(2)3/h11-12,15H,4-10H2,1-3H3,(H,16,17,18). The van der Waals surface area contributed by atoms with Gasteiger partial charge in [0, 0.05) is 13.1 Å². The third-order valence-electron chi connectivity index (χ3n) is 3.65. The van der Waals surface area contributed by atoms with E-state index in [4.69, 9.17) is 4.74 Å². The summed E-state index contributed by atoms with van der Waals surface area (Å²) in [5.74, 6) is 2.41. The van der Waals surface area contributed by atoms with Crippen molar-refractivity contribution in [1.82, 2.24) is 20.5 Å². The van der Waals surface area contributed by atoms with Gasteiger partial charge in [0.15, 0.2) is 5.82 Å². The van der Waals surface area contributed by atoms with Gasteiger partial charge in [-0.05, 0) is 45.7 Å². The Morgan fingerprint density at radius 3 is 2.80 bits per heavy atom. The van der Waals surface area contributed by atoms with Crippen LogP contribution in [0.5, 0.6) is 0 Å². The van der Waals surface area contributed by atoms with Crippen LogP contribution in [-0.2, 0) is 11.3 Å². The normalized spacial score (nSPS) is 17.1. The zero-order valence-electron chi connectivity index (χ0n) is 12.9. The van der Waals surface area contributed by atoms with Crippen molar-refractivity contribution >= 4 is 5.95 Å². The molecule has 0 saturated carbocycles. The van der Waals surface area contributed by atoms with Crippen LogP contribution in [0.25, 0.3) is 0 Å². The summed E-state index contributed by atoms with van der Waals surface area (Å²) in [7, 11) is 0. The first-order valence-electron chi connectivity index (χ1n) is 7.67. The minimum absolute atomic E-state index is 0.213. The fourth-order valence-electron chi connectivity index (χ4n) is 2.42. The average molecular weight is 281 g/mol. The molecule has 20 heavy (non-hydrogen) atoms. The van der Waals surface area contributed by atoms with Crippen LogP contribution in [0.3, 0.4) is 0 Å². The summed E-state index contributed by atoms with van der Waals surface area (Å²) >= 11 is 0. The van der Waals surface area contributed by atoms with Crippen molar-refractivity contribution in [3.8, 4) is 0 Å². The SMILES string of the molecule is CCNCC1CCN(c2n[nH]c(COC(C)C)n2)CC1. The smallest absolute Gasteiger partial charge is 0.244 e.